The molecule has 31 heavy (non-hydrogen) atoms. The van der Waals surface area contributed by atoms with Crippen LogP contribution < -0.4 is 11.1 Å². The highest BCUT2D eigenvalue weighted by molar-refractivity contribution is 5.78. The second kappa shape index (κ2) is 8.05. The maximum atomic E-state index is 13.1. The summed E-state index contributed by atoms with van der Waals surface area (Å²) < 4.78 is 78.7. The van der Waals surface area contributed by atoms with Gasteiger partial charge in [-0.1, -0.05) is 19.1 Å². The molecule has 0 aliphatic rings. The van der Waals surface area contributed by atoms with E-state index in [4.69, 9.17) is 5.73 Å². The Bertz CT molecular complexity index is 1060. The molecule has 0 atom stereocenters. The molecule has 0 unspecified atom stereocenters. The number of nitrogens with one attached hydrogen (secondary N) is 1. The molecular weight excluding hydrogens is 422 g/mol. The molecule has 0 heterocycles. The molecule has 0 aliphatic heterocycles. The number of anilines is 3. The van der Waals surface area contributed by atoms with Crippen molar-refractivity contribution in [3.05, 3.63) is 71.3 Å². The molecule has 0 saturated heterocycles. The average molecular weight is 440 g/mol. The van der Waals surface area contributed by atoms with Gasteiger partial charge in [0.15, 0.2) is 0 Å². The number of aromatic hydroxyl groups is 1. The van der Waals surface area contributed by atoms with E-state index in [0.717, 1.165) is 0 Å². The Hall–Kier alpha value is -3.36. The van der Waals surface area contributed by atoms with Crippen LogP contribution in [-0.4, -0.2) is 5.11 Å². The third kappa shape index (κ3) is 5.04. The summed E-state index contributed by atoms with van der Waals surface area (Å²) in [5, 5.41) is 13.0. The van der Waals surface area contributed by atoms with Gasteiger partial charge in [-0.25, -0.2) is 0 Å². The molecule has 0 radical (unpaired) electrons. The second-order valence-corrected chi connectivity index (χ2v) is 6.92. The van der Waals surface area contributed by atoms with E-state index in [1.54, 1.807) is 37.3 Å². The average Bonchev–Trinajstić information content (AvgIpc) is 2.67. The van der Waals surface area contributed by atoms with Crippen LogP contribution in [0.4, 0.5) is 43.4 Å². The Kier molecular flexibility index (Phi) is 5.80. The zero-order chi connectivity index (χ0) is 23.0. The maximum absolute atomic E-state index is 13.1. The van der Waals surface area contributed by atoms with Gasteiger partial charge in [0.1, 0.15) is 5.75 Å². The topological polar surface area (TPSA) is 58.3 Å². The molecule has 0 spiro atoms. The summed E-state index contributed by atoms with van der Waals surface area (Å²) in [6, 6.07) is 10.8. The van der Waals surface area contributed by atoms with Gasteiger partial charge >= 0.3 is 12.4 Å². The normalized spacial score (nSPS) is 12.1. The number of alkyl halides is 6. The lowest BCUT2D eigenvalue weighted by Gasteiger charge is -2.18. The quantitative estimate of drug-likeness (QED) is 0.303. The largest absolute Gasteiger partial charge is 0.507 e. The van der Waals surface area contributed by atoms with E-state index in [1.807, 2.05) is 0 Å². The van der Waals surface area contributed by atoms with Crippen LogP contribution in [0.2, 0.25) is 0 Å². The fourth-order valence-electron chi connectivity index (χ4n) is 3.12. The highest BCUT2D eigenvalue weighted by Crippen LogP contribution is 2.40. The van der Waals surface area contributed by atoms with Gasteiger partial charge in [-0.05, 0) is 53.9 Å². The fraction of sp³-hybridized carbons (Fsp3) is 0.182. The third-order valence-corrected chi connectivity index (χ3v) is 4.69. The van der Waals surface area contributed by atoms with Gasteiger partial charge in [0.2, 0.25) is 0 Å². The maximum Gasteiger partial charge on any atom is 0.416 e. The number of nitrogens with two attached hydrogens (primary N) is 1. The molecule has 0 aliphatic carbocycles. The Morgan fingerprint density at radius 3 is 1.87 bits per heavy atom. The molecule has 3 nitrogen and oxygen atoms in total. The lowest BCUT2D eigenvalue weighted by molar-refractivity contribution is -0.143. The van der Waals surface area contributed by atoms with Gasteiger partial charge in [-0.3, -0.25) is 0 Å². The van der Waals surface area contributed by atoms with E-state index in [2.05, 4.69) is 5.32 Å². The first-order chi connectivity index (χ1) is 14.4. The Balaban J connectivity index is 2.06. The van der Waals surface area contributed by atoms with Crippen LogP contribution in [0.5, 0.6) is 5.75 Å². The van der Waals surface area contributed by atoms with Gasteiger partial charge < -0.3 is 16.2 Å². The predicted octanol–water partition coefficient (Wildman–Crippen LogP) is 6.99. The lowest BCUT2D eigenvalue weighted by atomic mass is 9.98. The van der Waals surface area contributed by atoms with E-state index >= 15 is 0 Å². The van der Waals surface area contributed by atoms with Gasteiger partial charge in [0, 0.05) is 28.7 Å². The minimum Gasteiger partial charge on any atom is -0.507 e. The van der Waals surface area contributed by atoms with E-state index in [9.17, 15) is 31.4 Å². The zero-order valence-corrected chi connectivity index (χ0v) is 16.2. The number of nitrogen functional groups attached to an aromatic ring is 1. The summed E-state index contributed by atoms with van der Waals surface area (Å²) >= 11 is 0. The van der Waals surface area contributed by atoms with Crippen molar-refractivity contribution < 1.29 is 31.4 Å². The highest BCUT2D eigenvalue weighted by atomic mass is 19.4. The molecule has 0 aromatic heterocycles. The van der Waals surface area contributed by atoms with Crippen molar-refractivity contribution in [2.75, 3.05) is 11.1 Å². The predicted molar refractivity (Wildman–Crippen MR) is 107 cm³/mol. The van der Waals surface area contributed by atoms with Crippen molar-refractivity contribution in [1.29, 1.82) is 0 Å². The molecule has 164 valence electrons. The summed E-state index contributed by atoms with van der Waals surface area (Å²) in [5.74, 6) is -0.188. The second-order valence-electron chi connectivity index (χ2n) is 6.92. The molecule has 4 N–H and O–H groups in total. The van der Waals surface area contributed by atoms with Crippen molar-refractivity contribution in [2.45, 2.75) is 25.7 Å². The van der Waals surface area contributed by atoms with Crippen molar-refractivity contribution in [3.63, 3.8) is 0 Å². The van der Waals surface area contributed by atoms with Crippen LogP contribution >= 0.6 is 0 Å². The lowest BCUT2D eigenvalue weighted by Crippen LogP contribution is -2.11. The van der Waals surface area contributed by atoms with Crippen LogP contribution in [0, 0.1) is 0 Å². The van der Waals surface area contributed by atoms with Crippen molar-refractivity contribution in [1.82, 2.24) is 0 Å². The molecule has 0 saturated carbocycles. The van der Waals surface area contributed by atoms with Crippen molar-refractivity contribution >= 4 is 17.1 Å². The molecule has 9 heteroatoms. The Morgan fingerprint density at radius 2 is 1.39 bits per heavy atom. The van der Waals surface area contributed by atoms with Gasteiger partial charge in [-0.15, -0.1) is 0 Å². The minimum absolute atomic E-state index is 0.0631. The number of rotatable bonds is 4. The number of phenolic OH excluding ortho intramolecular Hbond substituents is 1. The molecule has 0 bridgehead atoms. The summed E-state index contributed by atoms with van der Waals surface area (Å²) in [4.78, 5) is 0. The first-order valence-electron chi connectivity index (χ1n) is 9.16. The standard InChI is InChI=1S/C22H18F6N2O/c1-2-12-7-18(13-3-5-16(29)6-4-13)20(31)11-19(12)30-17-9-14(21(23,24)25)8-15(10-17)22(26,27)28/h3-11,30-31H,2,29H2,1H3. The summed E-state index contributed by atoms with van der Waals surface area (Å²) in [7, 11) is 0. The van der Waals surface area contributed by atoms with E-state index in [0.29, 0.717) is 40.9 Å². The molecule has 3 aromatic carbocycles. The third-order valence-electron chi connectivity index (χ3n) is 4.69. The molecule has 3 aromatic rings. The summed E-state index contributed by atoms with van der Waals surface area (Å²) in [6.45, 7) is 1.78. The van der Waals surface area contributed by atoms with Gasteiger partial charge in [-0.2, -0.15) is 26.3 Å². The number of aryl methyl sites for hydroxylation is 1. The molecule has 0 amide bonds. The van der Waals surface area contributed by atoms with Gasteiger partial charge in [0.25, 0.3) is 0 Å². The number of hydrogen-bond donors (Lipinski definition) is 3. The molecule has 3 rings (SSSR count). The highest BCUT2D eigenvalue weighted by Gasteiger charge is 2.37. The summed E-state index contributed by atoms with van der Waals surface area (Å²) in [6.07, 6.45) is -9.49. The van der Waals surface area contributed by atoms with Crippen molar-refractivity contribution in [3.8, 4) is 16.9 Å². The molecular formula is C22H18F6N2O. The van der Waals surface area contributed by atoms with Crippen molar-refractivity contribution in [2.24, 2.45) is 0 Å². The first-order valence-corrected chi connectivity index (χ1v) is 9.16. The SMILES string of the molecule is CCc1cc(-c2ccc(N)cc2)c(O)cc1Nc1cc(C(F)(F)F)cc(C(F)(F)F)c1. The Morgan fingerprint density at radius 1 is 0.839 bits per heavy atom. The molecule has 0 fully saturated rings. The fourth-order valence-corrected chi connectivity index (χ4v) is 3.12. The Labute approximate surface area is 174 Å². The van der Waals surface area contributed by atoms with E-state index < -0.39 is 29.2 Å². The van der Waals surface area contributed by atoms with Crippen LogP contribution in [-0.2, 0) is 18.8 Å². The van der Waals surface area contributed by atoms with Crippen LogP contribution in [0.25, 0.3) is 11.1 Å². The number of halogens is 6. The summed E-state index contributed by atoms with van der Waals surface area (Å²) in [5.41, 5.74) is 4.86. The number of phenols is 1. The van der Waals surface area contributed by atoms with E-state index in [1.165, 1.54) is 6.07 Å². The van der Waals surface area contributed by atoms with Crippen LogP contribution in [0.3, 0.4) is 0 Å². The smallest absolute Gasteiger partial charge is 0.416 e. The number of benzene rings is 3. The van der Waals surface area contributed by atoms with Crippen LogP contribution in [0.15, 0.2) is 54.6 Å². The van der Waals surface area contributed by atoms with Crippen LogP contribution in [0.1, 0.15) is 23.6 Å². The van der Waals surface area contributed by atoms with Gasteiger partial charge in [0.05, 0.1) is 11.1 Å². The first kappa shape index (κ1) is 22.3. The monoisotopic (exact) mass is 440 g/mol. The zero-order valence-electron chi connectivity index (χ0n) is 16.2. The number of hydrogen-bond acceptors (Lipinski definition) is 3. The van der Waals surface area contributed by atoms with E-state index in [-0.39, 0.29) is 17.5 Å². The minimum atomic E-state index is -4.95.